The highest BCUT2D eigenvalue weighted by atomic mass is 16.2. The fourth-order valence-corrected chi connectivity index (χ4v) is 2.14. The first kappa shape index (κ1) is 15.4. The molecule has 0 aromatic rings. The Kier molecular flexibility index (Phi) is 6.05. The maximum atomic E-state index is 11.9. The molecule has 1 fully saturated rings. The molecule has 1 heterocycles. The largest absolute Gasteiger partial charge is 0.353 e. The van der Waals surface area contributed by atoms with Crippen molar-refractivity contribution in [3.63, 3.8) is 0 Å². The van der Waals surface area contributed by atoms with Gasteiger partial charge in [0.2, 0.25) is 5.91 Å². The van der Waals surface area contributed by atoms with Crippen molar-refractivity contribution in [3.05, 3.63) is 0 Å². The van der Waals surface area contributed by atoms with Crippen molar-refractivity contribution in [2.45, 2.75) is 26.3 Å². The maximum Gasteiger partial charge on any atom is 0.239 e. The molecule has 1 amide bonds. The summed E-state index contributed by atoms with van der Waals surface area (Å²) in [4.78, 5) is 16.7. The first-order valence-corrected chi connectivity index (χ1v) is 6.90. The number of rotatable bonds is 6. The third-order valence-electron chi connectivity index (χ3n) is 3.50. The van der Waals surface area contributed by atoms with Gasteiger partial charge in [-0.15, -0.1) is 0 Å². The topological polar surface area (TPSA) is 47.6 Å². The Labute approximate surface area is 111 Å². The summed E-state index contributed by atoms with van der Waals surface area (Å²) in [6, 6.07) is 0. The van der Waals surface area contributed by atoms with Crippen LogP contribution in [0.4, 0.5) is 0 Å². The monoisotopic (exact) mass is 256 g/mol. The van der Waals surface area contributed by atoms with E-state index in [-0.39, 0.29) is 5.91 Å². The number of carbonyl (C=O) groups is 1. The van der Waals surface area contributed by atoms with E-state index in [0.717, 1.165) is 45.8 Å². The predicted molar refractivity (Wildman–Crippen MR) is 74.7 cm³/mol. The summed E-state index contributed by atoms with van der Waals surface area (Å²) in [6.07, 6.45) is 0. The molecule has 0 aromatic heterocycles. The van der Waals surface area contributed by atoms with Gasteiger partial charge >= 0.3 is 0 Å². The second-order valence-corrected chi connectivity index (χ2v) is 5.56. The molecule has 0 atom stereocenters. The van der Waals surface area contributed by atoms with E-state index in [4.69, 9.17) is 0 Å². The van der Waals surface area contributed by atoms with Crippen molar-refractivity contribution in [3.8, 4) is 0 Å². The van der Waals surface area contributed by atoms with E-state index >= 15 is 0 Å². The molecule has 0 bridgehead atoms. The zero-order valence-corrected chi connectivity index (χ0v) is 12.3. The Hall–Kier alpha value is -0.650. The van der Waals surface area contributed by atoms with Crippen LogP contribution in [0.25, 0.3) is 0 Å². The van der Waals surface area contributed by atoms with Crippen LogP contribution in [0.15, 0.2) is 0 Å². The Morgan fingerprint density at radius 3 is 2.39 bits per heavy atom. The third-order valence-corrected chi connectivity index (χ3v) is 3.50. The summed E-state index contributed by atoms with van der Waals surface area (Å²) in [5.74, 6) is 0.0819. The molecule has 1 aliphatic rings. The highest BCUT2D eigenvalue weighted by Gasteiger charge is 2.25. The molecule has 0 aliphatic carbocycles. The molecular formula is C13H28N4O. The minimum Gasteiger partial charge on any atom is -0.353 e. The van der Waals surface area contributed by atoms with Gasteiger partial charge in [-0.05, 0) is 27.4 Å². The number of likely N-dealkylation sites (N-methyl/N-ethyl adjacent to an activating group) is 2. The Morgan fingerprint density at radius 1 is 1.22 bits per heavy atom. The van der Waals surface area contributed by atoms with E-state index in [1.54, 1.807) is 0 Å². The maximum absolute atomic E-state index is 11.9. The van der Waals surface area contributed by atoms with E-state index in [2.05, 4.69) is 27.5 Å². The SMILES string of the molecule is CCNC(C)(C)C(=O)NCCN1CCN(C)CC1. The predicted octanol–water partition coefficient (Wildman–Crippen LogP) is -0.262. The highest BCUT2D eigenvalue weighted by Crippen LogP contribution is 2.01. The molecule has 1 aliphatic heterocycles. The van der Waals surface area contributed by atoms with Gasteiger partial charge in [0.25, 0.3) is 0 Å². The van der Waals surface area contributed by atoms with Crippen LogP contribution in [0.5, 0.6) is 0 Å². The lowest BCUT2D eigenvalue weighted by Gasteiger charge is -2.32. The van der Waals surface area contributed by atoms with Gasteiger partial charge in [0.1, 0.15) is 0 Å². The van der Waals surface area contributed by atoms with Crippen LogP contribution < -0.4 is 10.6 Å². The van der Waals surface area contributed by atoms with Crippen molar-refractivity contribution in [2.75, 3.05) is 52.9 Å². The number of piperazine rings is 1. The first-order valence-electron chi connectivity index (χ1n) is 6.90. The highest BCUT2D eigenvalue weighted by molar-refractivity contribution is 5.85. The van der Waals surface area contributed by atoms with Crippen LogP contribution in [-0.4, -0.2) is 74.1 Å². The number of nitrogens with zero attached hydrogens (tertiary/aromatic N) is 2. The van der Waals surface area contributed by atoms with Crippen molar-refractivity contribution in [2.24, 2.45) is 0 Å². The lowest BCUT2D eigenvalue weighted by atomic mass is 10.0. The van der Waals surface area contributed by atoms with E-state index < -0.39 is 5.54 Å². The average molecular weight is 256 g/mol. The van der Waals surface area contributed by atoms with Gasteiger partial charge in [-0.2, -0.15) is 0 Å². The zero-order chi connectivity index (χ0) is 13.6. The van der Waals surface area contributed by atoms with Crippen LogP contribution in [0.2, 0.25) is 0 Å². The fourth-order valence-electron chi connectivity index (χ4n) is 2.14. The van der Waals surface area contributed by atoms with Gasteiger partial charge < -0.3 is 15.5 Å². The quantitative estimate of drug-likeness (QED) is 0.687. The molecule has 1 rings (SSSR count). The van der Waals surface area contributed by atoms with Crippen LogP contribution in [-0.2, 0) is 4.79 Å². The average Bonchev–Trinajstić information content (AvgIpc) is 2.31. The van der Waals surface area contributed by atoms with Crippen LogP contribution >= 0.6 is 0 Å². The van der Waals surface area contributed by atoms with E-state index in [1.165, 1.54) is 0 Å². The number of nitrogens with one attached hydrogen (secondary N) is 2. The summed E-state index contributed by atoms with van der Waals surface area (Å²) in [7, 11) is 2.15. The number of amides is 1. The molecule has 18 heavy (non-hydrogen) atoms. The Morgan fingerprint density at radius 2 is 1.83 bits per heavy atom. The van der Waals surface area contributed by atoms with Crippen molar-refractivity contribution in [1.82, 2.24) is 20.4 Å². The van der Waals surface area contributed by atoms with Gasteiger partial charge in [-0.3, -0.25) is 9.69 Å². The van der Waals surface area contributed by atoms with Crippen molar-refractivity contribution in [1.29, 1.82) is 0 Å². The third kappa shape index (κ3) is 4.92. The normalized spacial score (nSPS) is 18.9. The van der Waals surface area contributed by atoms with Crippen molar-refractivity contribution < 1.29 is 4.79 Å². The Balaban J connectivity index is 2.19. The smallest absolute Gasteiger partial charge is 0.239 e. The molecule has 0 aromatic carbocycles. The summed E-state index contributed by atoms with van der Waals surface area (Å²) in [5.41, 5.74) is -0.475. The number of carbonyl (C=O) groups excluding carboxylic acids is 1. The van der Waals surface area contributed by atoms with Gasteiger partial charge in [-0.1, -0.05) is 6.92 Å². The van der Waals surface area contributed by atoms with Crippen LogP contribution in [0.1, 0.15) is 20.8 Å². The Bertz CT molecular complexity index is 260. The molecule has 2 N–H and O–H groups in total. The standard InChI is InChI=1S/C13H28N4O/c1-5-15-13(2,3)12(18)14-6-7-17-10-8-16(4)9-11-17/h15H,5-11H2,1-4H3,(H,14,18). The minimum absolute atomic E-state index is 0.0819. The van der Waals surface area contributed by atoms with Crippen LogP contribution in [0, 0.1) is 0 Å². The van der Waals surface area contributed by atoms with E-state index in [0.29, 0.717) is 0 Å². The zero-order valence-electron chi connectivity index (χ0n) is 12.3. The molecule has 0 radical (unpaired) electrons. The second kappa shape index (κ2) is 7.07. The van der Waals surface area contributed by atoms with E-state index in [1.807, 2.05) is 20.8 Å². The molecule has 0 unspecified atom stereocenters. The summed E-state index contributed by atoms with van der Waals surface area (Å²) in [6.45, 7) is 12.8. The molecule has 1 saturated heterocycles. The van der Waals surface area contributed by atoms with Gasteiger partial charge in [0, 0.05) is 39.3 Å². The number of hydrogen-bond acceptors (Lipinski definition) is 4. The molecule has 0 saturated carbocycles. The van der Waals surface area contributed by atoms with Crippen LogP contribution in [0.3, 0.4) is 0 Å². The molecule has 5 heteroatoms. The van der Waals surface area contributed by atoms with Gasteiger partial charge in [-0.25, -0.2) is 0 Å². The molecule has 106 valence electrons. The van der Waals surface area contributed by atoms with E-state index in [9.17, 15) is 4.79 Å². The van der Waals surface area contributed by atoms with Crippen molar-refractivity contribution >= 4 is 5.91 Å². The lowest BCUT2D eigenvalue weighted by Crippen LogP contribution is -2.54. The molecule has 5 nitrogen and oxygen atoms in total. The van der Waals surface area contributed by atoms with Gasteiger partial charge in [0.05, 0.1) is 5.54 Å². The fraction of sp³-hybridized carbons (Fsp3) is 0.923. The first-order chi connectivity index (χ1) is 8.45. The molecular weight excluding hydrogens is 228 g/mol. The number of hydrogen-bond donors (Lipinski definition) is 2. The summed E-state index contributed by atoms with van der Waals surface area (Å²) >= 11 is 0. The lowest BCUT2D eigenvalue weighted by molar-refractivity contribution is -0.126. The summed E-state index contributed by atoms with van der Waals surface area (Å²) < 4.78 is 0. The second-order valence-electron chi connectivity index (χ2n) is 5.56. The molecule has 0 spiro atoms. The van der Waals surface area contributed by atoms with Gasteiger partial charge in [0.15, 0.2) is 0 Å². The minimum atomic E-state index is -0.475. The summed E-state index contributed by atoms with van der Waals surface area (Å²) in [5, 5.41) is 6.19.